The van der Waals surface area contributed by atoms with Crippen molar-refractivity contribution in [1.29, 1.82) is 0 Å². The van der Waals surface area contributed by atoms with E-state index in [0.717, 1.165) is 25.0 Å². The van der Waals surface area contributed by atoms with E-state index in [1.807, 2.05) is 6.92 Å². The molecule has 1 saturated heterocycles. The van der Waals surface area contributed by atoms with Gasteiger partial charge in [0.25, 0.3) is 0 Å². The van der Waals surface area contributed by atoms with Crippen LogP contribution in [0.1, 0.15) is 19.8 Å². The van der Waals surface area contributed by atoms with Crippen LogP contribution in [0.5, 0.6) is 0 Å². The van der Waals surface area contributed by atoms with Crippen molar-refractivity contribution in [3.8, 4) is 11.4 Å². The van der Waals surface area contributed by atoms with Crippen molar-refractivity contribution in [1.82, 2.24) is 20.2 Å². The lowest BCUT2D eigenvalue weighted by atomic mass is 9.92. The van der Waals surface area contributed by atoms with Gasteiger partial charge in [0.05, 0.1) is 5.54 Å². The minimum absolute atomic E-state index is 0.0978. The molecular weight excluding hydrogens is 280 g/mol. The summed E-state index contributed by atoms with van der Waals surface area (Å²) in [5, 5.41) is 11.6. The molecule has 2 N–H and O–H groups in total. The summed E-state index contributed by atoms with van der Waals surface area (Å²) in [6.45, 7) is 3.21. The van der Waals surface area contributed by atoms with Gasteiger partial charge in [0.15, 0.2) is 17.5 Å². The standard InChI is InChI=1S/C13H15F2N5O/c1-13(2-4-21-5-3-13)20-12(17-18-19-20)8-6-9(14)10(15)7-11(8)16/h6-7H,2-5,16H2,1H3. The number of aromatic nitrogens is 4. The number of benzene rings is 1. The van der Waals surface area contributed by atoms with Crippen LogP contribution >= 0.6 is 0 Å². The fraction of sp³-hybridized carbons (Fsp3) is 0.462. The molecule has 1 aliphatic heterocycles. The van der Waals surface area contributed by atoms with Crippen molar-refractivity contribution >= 4 is 5.69 Å². The highest BCUT2D eigenvalue weighted by atomic mass is 19.2. The number of nitrogen functional groups attached to an aromatic ring is 1. The molecule has 6 nitrogen and oxygen atoms in total. The van der Waals surface area contributed by atoms with Crippen molar-refractivity contribution in [3.05, 3.63) is 23.8 Å². The second-order valence-corrected chi connectivity index (χ2v) is 5.38. The third-order valence-corrected chi connectivity index (χ3v) is 3.88. The lowest BCUT2D eigenvalue weighted by Crippen LogP contribution is -2.38. The van der Waals surface area contributed by atoms with E-state index in [9.17, 15) is 8.78 Å². The van der Waals surface area contributed by atoms with Crippen molar-refractivity contribution in [2.24, 2.45) is 0 Å². The van der Waals surface area contributed by atoms with Gasteiger partial charge in [-0.1, -0.05) is 0 Å². The molecule has 3 rings (SSSR count). The van der Waals surface area contributed by atoms with E-state index in [1.165, 1.54) is 0 Å². The van der Waals surface area contributed by atoms with Gasteiger partial charge in [-0.2, -0.15) is 0 Å². The highest BCUT2D eigenvalue weighted by Crippen LogP contribution is 2.33. The average molecular weight is 295 g/mol. The molecule has 1 aromatic heterocycles. The lowest BCUT2D eigenvalue weighted by molar-refractivity contribution is 0.0240. The summed E-state index contributed by atoms with van der Waals surface area (Å²) >= 11 is 0. The number of rotatable bonds is 2. The number of halogens is 2. The summed E-state index contributed by atoms with van der Waals surface area (Å²) in [7, 11) is 0. The molecule has 0 atom stereocenters. The second kappa shape index (κ2) is 5.03. The van der Waals surface area contributed by atoms with Gasteiger partial charge in [0, 0.05) is 30.5 Å². The molecule has 0 radical (unpaired) electrons. The Kier molecular flexibility index (Phi) is 3.32. The van der Waals surface area contributed by atoms with E-state index in [0.29, 0.717) is 19.0 Å². The molecule has 0 spiro atoms. The predicted octanol–water partition coefficient (Wildman–Crippen LogP) is 1.73. The molecule has 0 bridgehead atoms. The van der Waals surface area contributed by atoms with Crippen LogP contribution in [0.3, 0.4) is 0 Å². The Morgan fingerprint density at radius 1 is 1.24 bits per heavy atom. The first-order valence-electron chi connectivity index (χ1n) is 6.63. The van der Waals surface area contributed by atoms with Crippen LogP contribution in [0, 0.1) is 11.6 Å². The Hall–Kier alpha value is -2.09. The monoisotopic (exact) mass is 295 g/mol. The average Bonchev–Trinajstić information content (AvgIpc) is 2.93. The van der Waals surface area contributed by atoms with Crippen LogP contribution in [-0.2, 0) is 10.3 Å². The lowest BCUT2D eigenvalue weighted by Gasteiger charge is -2.33. The Balaban J connectivity index is 2.09. The fourth-order valence-corrected chi connectivity index (χ4v) is 2.50. The molecular formula is C13H15F2N5O. The third-order valence-electron chi connectivity index (χ3n) is 3.88. The zero-order valence-corrected chi connectivity index (χ0v) is 11.5. The molecule has 0 amide bonds. The molecule has 0 aliphatic carbocycles. The summed E-state index contributed by atoms with van der Waals surface area (Å²) in [5.74, 6) is -1.64. The van der Waals surface area contributed by atoms with Crippen molar-refractivity contribution < 1.29 is 13.5 Å². The molecule has 112 valence electrons. The smallest absolute Gasteiger partial charge is 0.184 e. The predicted molar refractivity (Wildman–Crippen MR) is 71.3 cm³/mol. The van der Waals surface area contributed by atoms with Crippen LogP contribution in [-0.4, -0.2) is 33.4 Å². The Morgan fingerprint density at radius 3 is 2.62 bits per heavy atom. The molecule has 2 aromatic rings. The van der Waals surface area contributed by atoms with Gasteiger partial charge in [0.2, 0.25) is 0 Å². The third kappa shape index (κ3) is 2.35. The fourth-order valence-electron chi connectivity index (χ4n) is 2.50. The number of nitrogens with two attached hydrogens (primary N) is 1. The zero-order chi connectivity index (χ0) is 15.0. The minimum atomic E-state index is -0.993. The first-order chi connectivity index (χ1) is 10.0. The number of hydrogen-bond donors (Lipinski definition) is 1. The van der Waals surface area contributed by atoms with Crippen LogP contribution in [0.2, 0.25) is 0 Å². The first kappa shape index (κ1) is 13.9. The van der Waals surface area contributed by atoms with Crippen LogP contribution < -0.4 is 5.73 Å². The molecule has 0 saturated carbocycles. The van der Waals surface area contributed by atoms with Gasteiger partial charge in [-0.15, -0.1) is 5.10 Å². The minimum Gasteiger partial charge on any atom is -0.398 e. The van der Waals surface area contributed by atoms with E-state index in [1.54, 1.807) is 4.68 Å². The summed E-state index contributed by atoms with van der Waals surface area (Å²) in [5.41, 5.74) is 5.83. The maximum absolute atomic E-state index is 13.5. The van der Waals surface area contributed by atoms with Gasteiger partial charge in [-0.05, 0) is 36.3 Å². The van der Waals surface area contributed by atoms with E-state index in [-0.39, 0.29) is 16.8 Å². The van der Waals surface area contributed by atoms with Gasteiger partial charge < -0.3 is 10.5 Å². The highest BCUT2D eigenvalue weighted by molar-refractivity contribution is 5.71. The summed E-state index contributed by atoms with van der Waals surface area (Å²) in [4.78, 5) is 0. The van der Waals surface area contributed by atoms with Gasteiger partial charge >= 0.3 is 0 Å². The molecule has 1 aliphatic rings. The number of ether oxygens (including phenoxy) is 1. The Labute approximate surface area is 119 Å². The topological polar surface area (TPSA) is 78.9 Å². The molecule has 21 heavy (non-hydrogen) atoms. The van der Waals surface area contributed by atoms with Crippen molar-refractivity contribution in [3.63, 3.8) is 0 Å². The number of tetrazole rings is 1. The Morgan fingerprint density at radius 2 is 1.90 bits per heavy atom. The number of nitrogens with zero attached hydrogens (tertiary/aromatic N) is 4. The quantitative estimate of drug-likeness (QED) is 0.854. The number of hydrogen-bond acceptors (Lipinski definition) is 5. The van der Waals surface area contributed by atoms with E-state index >= 15 is 0 Å². The van der Waals surface area contributed by atoms with Crippen molar-refractivity contribution in [2.75, 3.05) is 18.9 Å². The Bertz CT molecular complexity index is 667. The molecule has 0 unspecified atom stereocenters. The first-order valence-corrected chi connectivity index (χ1v) is 6.63. The molecule has 1 aromatic carbocycles. The maximum Gasteiger partial charge on any atom is 0.184 e. The van der Waals surface area contributed by atoms with Crippen LogP contribution in [0.25, 0.3) is 11.4 Å². The maximum atomic E-state index is 13.5. The zero-order valence-electron chi connectivity index (χ0n) is 11.5. The van der Waals surface area contributed by atoms with E-state index in [2.05, 4.69) is 15.5 Å². The van der Waals surface area contributed by atoms with Crippen LogP contribution in [0.15, 0.2) is 12.1 Å². The summed E-state index contributed by atoms with van der Waals surface area (Å²) < 4.78 is 33.7. The van der Waals surface area contributed by atoms with Gasteiger partial charge in [-0.3, -0.25) is 0 Å². The number of anilines is 1. The molecule has 1 fully saturated rings. The normalized spacial score (nSPS) is 17.9. The SMILES string of the molecule is CC1(n2nnnc2-c2cc(F)c(F)cc2N)CCOCC1. The summed E-state index contributed by atoms with van der Waals surface area (Å²) in [6.07, 6.45) is 1.46. The van der Waals surface area contributed by atoms with Gasteiger partial charge in [-0.25, -0.2) is 13.5 Å². The van der Waals surface area contributed by atoms with E-state index in [4.69, 9.17) is 10.5 Å². The second-order valence-electron chi connectivity index (χ2n) is 5.38. The summed E-state index contributed by atoms with van der Waals surface area (Å²) in [6, 6.07) is 1.96. The largest absolute Gasteiger partial charge is 0.398 e. The van der Waals surface area contributed by atoms with Crippen LogP contribution in [0.4, 0.5) is 14.5 Å². The molecule has 2 heterocycles. The van der Waals surface area contributed by atoms with Gasteiger partial charge in [0.1, 0.15) is 0 Å². The highest BCUT2D eigenvalue weighted by Gasteiger charge is 2.33. The van der Waals surface area contributed by atoms with Crippen molar-refractivity contribution in [2.45, 2.75) is 25.3 Å². The van der Waals surface area contributed by atoms with E-state index < -0.39 is 11.6 Å². The molecule has 8 heteroatoms.